The van der Waals surface area contributed by atoms with Crippen LogP contribution in [0.2, 0.25) is 0 Å². The predicted octanol–water partition coefficient (Wildman–Crippen LogP) is 9.75. The van der Waals surface area contributed by atoms with Crippen molar-refractivity contribution in [3.63, 3.8) is 0 Å². The van der Waals surface area contributed by atoms with Gasteiger partial charge in [-0.2, -0.15) is 0 Å². The molecule has 0 amide bonds. The van der Waals surface area contributed by atoms with Crippen LogP contribution < -0.4 is 15.9 Å². The number of hydrogen-bond donors (Lipinski definition) is 0. The van der Waals surface area contributed by atoms with E-state index in [1.807, 2.05) is 0 Å². The van der Waals surface area contributed by atoms with Crippen LogP contribution in [-0.2, 0) is 17.3 Å². The standard InChI is InChI=1S/C39H48P/c1-7-8-9-12-19-30-28-35-36(39(4,5)27-26-38(35,2)3)29-34(30)33-24-17-18-25-37(33)40(6,31-20-13-10-14-21-31)32-22-15-11-16-23-32/h10-11,13-18,20-25,28-29H,7-9,12,19,26-27H2,1-6H3/q+1. The van der Waals surface area contributed by atoms with Gasteiger partial charge in [0.1, 0.15) is 23.2 Å². The van der Waals surface area contributed by atoms with Crippen LogP contribution in [0.4, 0.5) is 0 Å². The molecule has 1 aliphatic rings. The van der Waals surface area contributed by atoms with Crippen LogP contribution in [0.15, 0.2) is 97.1 Å². The van der Waals surface area contributed by atoms with Gasteiger partial charge in [-0.3, -0.25) is 0 Å². The summed E-state index contributed by atoms with van der Waals surface area (Å²) in [5.41, 5.74) is 7.99. The van der Waals surface area contributed by atoms with Crippen molar-refractivity contribution < 1.29 is 0 Å². The number of benzene rings is 4. The molecule has 208 valence electrons. The molecular formula is C39H48P+. The second-order valence-corrected chi connectivity index (χ2v) is 16.9. The zero-order valence-corrected chi connectivity index (χ0v) is 26.5. The highest BCUT2D eigenvalue weighted by molar-refractivity contribution is 7.95. The van der Waals surface area contributed by atoms with Crippen molar-refractivity contribution in [3.8, 4) is 11.1 Å². The number of hydrogen-bond acceptors (Lipinski definition) is 0. The molecule has 4 aromatic carbocycles. The fourth-order valence-electron chi connectivity index (χ4n) is 6.83. The van der Waals surface area contributed by atoms with Crippen LogP contribution in [0, 0.1) is 0 Å². The molecule has 0 nitrogen and oxygen atoms in total. The summed E-state index contributed by atoms with van der Waals surface area (Å²) >= 11 is 0. The highest BCUT2D eigenvalue weighted by Gasteiger charge is 2.43. The van der Waals surface area contributed by atoms with E-state index in [-0.39, 0.29) is 10.8 Å². The highest BCUT2D eigenvalue weighted by atomic mass is 31.2. The Morgan fingerprint density at radius 1 is 0.600 bits per heavy atom. The zero-order chi connectivity index (χ0) is 28.4. The van der Waals surface area contributed by atoms with E-state index < -0.39 is 7.26 Å². The molecule has 0 fully saturated rings. The van der Waals surface area contributed by atoms with Crippen LogP contribution in [0.5, 0.6) is 0 Å². The maximum atomic E-state index is 2.63. The molecule has 0 heterocycles. The fourth-order valence-corrected chi connectivity index (χ4v) is 10.3. The lowest BCUT2D eigenvalue weighted by molar-refractivity contribution is 0.331. The molecule has 1 aliphatic carbocycles. The van der Waals surface area contributed by atoms with Crippen molar-refractivity contribution in [2.45, 2.75) is 90.4 Å². The van der Waals surface area contributed by atoms with E-state index in [0.29, 0.717) is 0 Å². The molecule has 0 N–H and O–H groups in total. The zero-order valence-electron chi connectivity index (χ0n) is 25.6. The Bertz CT molecular complexity index is 1390. The SMILES string of the molecule is CCCCCCc1cc2c(cc1-c1ccccc1[P+](C)(c1ccccc1)c1ccccc1)C(C)(C)CCC2(C)C. The molecule has 0 bridgehead atoms. The van der Waals surface area contributed by atoms with Gasteiger partial charge in [-0.25, -0.2) is 0 Å². The molecule has 0 aromatic heterocycles. The Morgan fingerprint density at radius 2 is 1.12 bits per heavy atom. The van der Waals surface area contributed by atoms with Gasteiger partial charge in [-0.15, -0.1) is 0 Å². The molecule has 1 heteroatoms. The van der Waals surface area contributed by atoms with Crippen LogP contribution >= 0.6 is 7.26 Å². The number of rotatable bonds is 9. The molecule has 0 radical (unpaired) electrons. The molecule has 0 unspecified atom stereocenters. The molecular weight excluding hydrogens is 499 g/mol. The number of aryl methyl sites for hydroxylation is 1. The van der Waals surface area contributed by atoms with Crippen LogP contribution in [0.1, 0.15) is 89.8 Å². The lowest BCUT2D eigenvalue weighted by Crippen LogP contribution is -2.34. The van der Waals surface area contributed by atoms with E-state index in [0.717, 1.165) is 6.42 Å². The molecule has 0 saturated carbocycles. The Morgan fingerprint density at radius 3 is 1.70 bits per heavy atom. The first-order valence-electron chi connectivity index (χ1n) is 15.4. The Hall–Kier alpha value is -2.69. The fraction of sp³-hybridized carbons (Fsp3) is 0.385. The second kappa shape index (κ2) is 11.7. The number of unbranched alkanes of at least 4 members (excludes halogenated alkanes) is 3. The van der Waals surface area contributed by atoms with E-state index in [2.05, 4.69) is 138 Å². The normalized spacial score (nSPS) is 15.9. The smallest absolute Gasteiger partial charge is 0.0654 e. The van der Waals surface area contributed by atoms with E-state index in [4.69, 9.17) is 0 Å². The summed E-state index contributed by atoms with van der Waals surface area (Å²) in [7, 11) is -1.87. The van der Waals surface area contributed by atoms with E-state index in [1.54, 1.807) is 16.7 Å². The summed E-state index contributed by atoms with van der Waals surface area (Å²) in [6.07, 6.45) is 8.81. The van der Waals surface area contributed by atoms with E-state index in [1.165, 1.54) is 65.6 Å². The van der Waals surface area contributed by atoms with Crippen LogP contribution in [-0.4, -0.2) is 6.66 Å². The van der Waals surface area contributed by atoms with Crippen molar-refractivity contribution in [2.75, 3.05) is 6.66 Å². The minimum atomic E-state index is -1.87. The van der Waals surface area contributed by atoms with E-state index in [9.17, 15) is 0 Å². The molecule has 0 atom stereocenters. The third-order valence-corrected chi connectivity index (χ3v) is 13.6. The molecule has 0 saturated heterocycles. The largest absolute Gasteiger partial charge is 0.112 e. The van der Waals surface area contributed by atoms with Gasteiger partial charge in [-0.05, 0) is 95.2 Å². The molecule has 4 aromatic rings. The van der Waals surface area contributed by atoms with Crippen molar-refractivity contribution in [1.82, 2.24) is 0 Å². The van der Waals surface area contributed by atoms with Crippen molar-refractivity contribution >= 4 is 23.2 Å². The maximum absolute atomic E-state index is 2.63. The summed E-state index contributed by atoms with van der Waals surface area (Å²) in [6.45, 7) is 14.7. The topological polar surface area (TPSA) is 0 Å². The first-order chi connectivity index (χ1) is 19.2. The minimum Gasteiger partial charge on any atom is -0.0654 e. The lowest BCUT2D eigenvalue weighted by Gasteiger charge is -2.42. The van der Waals surface area contributed by atoms with Crippen molar-refractivity contribution in [1.29, 1.82) is 0 Å². The highest BCUT2D eigenvalue weighted by Crippen LogP contribution is 2.54. The Kier molecular flexibility index (Phi) is 8.40. The van der Waals surface area contributed by atoms with Gasteiger partial charge in [0.05, 0.1) is 6.66 Å². The summed E-state index contributed by atoms with van der Waals surface area (Å²) in [6, 6.07) is 37.2. The molecule has 0 aliphatic heterocycles. The maximum Gasteiger partial charge on any atom is 0.112 e. The summed E-state index contributed by atoms with van der Waals surface area (Å²) < 4.78 is 0. The third kappa shape index (κ3) is 5.45. The van der Waals surface area contributed by atoms with Gasteiger partial charge in [0, 0.05) is 5.56 Å². The van der Waals surface area contributed by atoms with Gasteiger partial charge in [-0.1, -0.05) is 115 Å². The van der Waals surface area contributed by atoms with Gasteiger partial charge in [0.25, 0.3) is 0 Å². The van der Waals surface area contributed by atoms with E-state index >= 15 is 0 Å². The van der Waals surface area contributed by atoms with Gasteiger partial charge >= 0.3 is 0 Å². The predicted molar refractivity (Wildman–Crippen MR) is 180 cm³/mol. The van der Waals surface area contributed by atoms with Gasteiger partial charge in [0.15, 0.2) is 0 Å². The number of fused-ring (bicyclic) bond motifs is 1. The summed E-state index contributed by atoms with van der Waals surface area (Å²) in [5.74, 6) is 0. The monoisotopic (exact) mass is 547 g/mol. The summed E-state index contributed by atoms with van der Waals surface area (Å²) in [5, 5.41) is 4.38. The quantitative estimate of drug-likeness (QED) is 0.144. The average molecular weight is 548 g/mol. The Labute approximate surface area is 244 Å². The summed E-state index contributed by atoms with van der Waals surface area (Å²) in [4.78, 5) is 0. The van der Waals surface area contributed by atoms with Crippen molar-refractivity contribution in [2.24, 2.45) is 0 Å². The lowest BCUT2D eigenvalue weighted by atomic mass is 9.62. The second-order valence-electron chi connectivity index (χ2n) is 13.3. The molecule has 0 spiro atoms. The van der Waals surface area contributed by atoms with Crippen LogP contribution in [0.3, 0.4) is 0 Å². The molecule has 40 heavy (non-hydrogen) atoms. The van der Waals surface area contributed by atoms with Gasteiger partial charge < -0.3 is 0 Å². The molecule has 5 rings (SSSR count). The third-order valence-electron chi connectivity index (χ3n) is 9.60. The average Bonchev–Trinajstić information content (AvgIpc) is 2.98. The first kappa shape index (κ1) is 28.8. The van der Waals surface area contributed by atoms with Crippen molar-refractivity contribution in [3.05, 3.63) is 114 Å². The van der Waals surface area contributed by atoms with Crippen LogP contribution in [0.25, 0.3) is 11.1 Å². The Balaban J connectivity index is 1.77. The minimum absolute atomic E-state index is 0.187. The first-order valence-corrected chi connectivity index (χ1v) is 17.7. The van der Waals surface area contributed by atoms with Gasteiger partial charge in [0.2, 0.25) is 0 Å².